The number of aromatic nitrogens is 4. The summed E-state index contributed by atoms with van der Waals surface area (Å²) in [5, 5.41) is 2.80. The number of hydrogen-bond donors (Lipinski definition) is 1. The van der Waals surface area contributed by atoms with E-state index in [1.54, 1.807) is 0 Å². The molecule has 2 aromatic rings. The molecule has 5 heteroatoms. The molecule has 0 fully saturated rings. The fourth-order valence-electron chi connectivity index (χ4n) is 2.37. The lowest BCUT2D eigenvalue weighted by Gasteiger charge is -2.04. The Balaban J connectivity index is 1.98. The number of fused-ring (bicyclic) bond motifs is 1. The van der Waals surface area contributed by atoms with Crippen LogP contribution in [0.15, 0.2) is 11.1 Å². The van der Waals surface area contributed by atoms with E-state index in [2.05, 4.69) is 22.0 Å². The molecule has 19 heavy (non-hydrogen) atoms. The van der Waals surface area contributed by atoms with Crippen LogP contribution < -0.4 is 5.56 Å². The van der Waals surface area contributed by atoms with E-state index in [4.69, 9.17) is 0 Å². The molecule has 0 saturated carbocycles. The van der Waals surface area contributed by atoms with Crippen molar-refractivity contribution in [2.45, 2.75) is 58.8 Å². The molecule has 2 aromatic heterocycles. The number of hydrogen-bond acceptors (Lipinski definition) is 3. The van der Waals surface area contributed by atoms with Crippen LogP contribution in [0.1, 0.15) is 56.7 Å². The number of aromatic amines is 1. The largest absolute Gasteiger partial charge is 0.278 e. The molecule has 5 nitrogen and oxygen atoms in total. The molecule has 0 spiro atoms. The first kappa shape index (κ1) is 13.8. The minimum absolute atomic E-state index is 0.00596. The summed E-state index contributed by atoms with van der Waals surface area (Å²) in [6, 6.07) is 0. The highest BCUT2D eigenvalue weighted by molar-refractivity contribution is 5.30. The van der Waals surface area contributed by atoms with Gasteiger partial charge in [0.05, 0.1) is 5.69 Å². The normalized spacial score (nSPS) is 11.3. The summed E-state index contributed by atoms with van der Waals surface area (Å²) in [6.07, 6.45) is 9.68. The summed E-state index contributed by atoms with van der Waals surface area (Å²) >= 11 is 0. The Morgan fingerprint density at radius 3 is 2.74 bits per heavy atom. The quantitative estimate of drug-likeness (QED) is 0.780. The minimum atomic E-state index is -0.00596. The van der Waals surface area contributed by atoms with Crippen LogP contribution in [0, 0.1) is 6.92 Å². The molecule has 0 aliphatic heterocycles. The van der Waals surface area contributed by atoms with Gasteiger partial charge in [-0.05, 0) is 19.8 Å². The summed E-state index contributed by atoms with van der Waals surface area (Å²) in [6.45, 7) is 4.11. The van der Waals surface area contributed by atoms with E-state index in [1.165, 1.54) is 42.9 Å². The molecule has 0 unspecified atom stereocenters. The van der Waals surface area contributed by atoms with Crippen LogP contribution in [0.3, 0.4) is 0 Å². The standard InChI is InChI=1S/C14H22N4O/c1-3-4-5-6-7-8-9-12-11(2)17-14-15-10-16-18(14)13(12)19/h10H,3-9H2,1-2H3,(H,15,16,17). The first-order valence-corrected chi connectivity index (χ1v) is 7.15. The fraction of sp³-hybridized carbons (Fsp3) is 0.643. The highest BCUT2D eigenvalue weighted by atomic mass is 16.1. The van der Waals surface area contributed by atoms with E-state index in [9.17, 15) is 4.79 Å². The van der Waals surface area contributed by atoms with Crippen LogP contribution in [0.2, 0.25) is 0 Å². The maximum atomic E-state index is 12.2. The second-order valence-corrected chi connectivity index (χ2v) is 5.02. The van der Waals surface area contributed by atoms with Crippen LogP contribution in [-0.2, 0) is 6.42 Å². The van der Waals surface area contributed by atoms with Crippen LogP contribution in [0.4, 0.5) is 0 Å². The van der Waals surface area contributed by atoms with E-state index >= 15 is 0 Å². The summed E-state index contributed by atoms with van der Waals surface area (Å²) in [4.78, 5) is 20.6. The van der Waals surface area contributed by atoms with Gasteiger partial charge in [0.15, 0.2) is 0 Å². The minimum Gasteiger partial charge on any atom is -0.278 e. The molecule has 0 saturated heterocycles. The highest BCUT2D eigenvalue weighted by Crippen LogP contribution is 2.09. The maximum absolute atomic E-state index is 12.2. The topological polar surface area (TPSA) is 63.1 Å². The van der Waals surface area contributed by atoms with Crippen molar-refractivity contribution in [3.63, 3.8) is 0 Å². The van der Waals surface area contributed by atoms with E-state index in [0.717, 1.165) is 24.1 Å². The lowest BCUT2D eigenvalue weighted by Crippen LogP contribution is -2.21. The zero-order valence-corrected chi connectivity index (χ0v) is 11.8. The average molecular weight is 262 g/mol. The molecule has 0 amide bonds. The Hall–Kier alpha value is -1.65. The van der Waals surface area contributed by atoms with Gasteiger partial charge < -0.3 is 0 Å². The smallest absolute Gasteiger partial charge is 0.277 e. The van der Waals surface area contributed by atoms with Gasteiger partial charge in [0.2, 0.25) is 0 Å². The first-order chi connectivity index (χ1) is 9.24. The number of rotatable bonds is 7. The molecule has 104 valence electrons. The van der Waals surface area contributed by atoms with Crippen molar-refractivity contribution in [3.05, 3.63) is 27.9 Å². The lowest BCUT2D eigenvalue weighted by atomic mass is 10.1. The average Bonchev–Trinajstić information content (AvgIpc) is 2.85. The van der Waals surface area contributed by atoms with Gasteiger partial charge in [0.1, 0.15) is 6.33 Å². The number of nitrogens with zero attached hydrogens (tertiary/aromatic N) is 3. The van der Waals surface area contributed by atoms with Crippen molar-refractivity contribution in [1.29, 1.82) is 0 Å². The molecule has 0 atom stereocenters. The van der Waals surface area contributed by atoms with E-state index < -0.39 is 0 Å². The first-order valence-electron chi connectivity index (χ1n) is 7.15. The Kier molecular flexibility index (Phi) is 4.71. The van der Waals surface area contributed by atoms with Gasteiger partial charge >= 0.3 is 0 Å². The van der Waals surface area contributed by atoms with Crippen LogP contribution in [0.5, 0.6) is 0 Å². The molecule has 0 aliphatic carbocycles. The van der Waals surface area contributed by atoms with Crippen LogP contribution in [-0.4, -0.2) is 19.6 Å². The predicted octanol–water partition coefficient (Wildman–Crippen LogP) is 2.63. The predicted molar refractivity (Wildman–Crippen MR) is 75.4 cm³/mol. The molecule has 2 rings (SSSR count). The summed E-state index contributed by atoms with van der Waals surface area (Å²) in [5.74, 6) is 0.453. The maximum Gasteiger partial charge on any atom is 0.277 e. The summed E-state index contributed by atoms with van der Waals surface area (Å²) in [7, 11) is 0. The van der Waals surface area contributed by atoms with Crippen molar-refractivity contribution < 1.29 is 0 Å². The van der Waals surface area contributed by atoms with Crippen molar-refractivity contribution in [2.24, 2.45) is 0 Å². The van der Waals surface area contributed by atoms with Gasteiger partial charge in [-0.3, -0.25) is 9.89 Å². The molecule has 0 radical (unpaired) electrons. The Labute approximate surface area is 113 Å². The monoisotopic (exact) mass is 262 g/mol. The molecular weight excluding hydrogens is 240 g/mol. The molecule has 2 heterocycles. The van der Waals surface area contributed by atoms with E-state index in [-0.39, 0.29) is 5.56 Å². The van der Waals surface area contributed by atoms with Crippen LogP contribution in [0.25, 0.3) is 5.78 Å². The number of aryl methyl sites for hydroxylation is 1. The second-order valence-electron chi connectivity index (χ2n) is 5.02. The van der Waals surface area contributed by atoms with Crippen molar-refractivity contribution >= 4 is 5.78 Å². The molecule has 0 aromatic carbocycles. The van der Waals surface area contributed by atoms with Gasteiger partial charge in [-0.1, -0.05) is 39.0 Å². The number of H-pyrrole nitrogens is 1. The van der Waals surface area contributed by atoms with E-state index in [0.29, 0.717) is 5.78 Å². The second kappa shape index (κ2) is 6.50. The number of unbranched alkanes of at least 4 members (excludes halogenated alkanes) is 5. The zero-order chi connectivity index (χ0) is 13.7. The third-order valence-electron chi connectivity index (χ3n) is 3.51. The van der Waals surface area contributed by atoms with Crippen molar-refractivity contribution in [1.82, 2.24) is 19.6 Å². The van der Waals surface area contributed by atoms with E-state index in [1.807, 2.05) is 6.92 Å². The fourth-order valence-corrected chi connectivity index (χ4v) is 2.37. The Morgan fingerprint density at radius 2 is 1.95 bits per heavy atom. The van der Waals surface area contributed by atoms with Gasteiger partial charge in [-0.2, -0.15) is 4.52 Å². The molecular formula is C14H22N4O. The molecule has 0 aliphatic rings. The van der Waals surface area contributed by atoms with Crippen LogP contribution >= 0.6 is 0 Å². The van der Waals surface area contributed by atoms with Gasteiger partial charge in [-0.25, -0.2) is 9.97 Å². The number of nitrogens with one attached hydrogen (secondary N) is 1. The van der Waals surface area contributed by atoms with Gasteiger partial charge in [0, 0.05) is 5.56 Å². The van der Waals surface area contributed by atoms with Gasteiger partial charge in [0.25, 0.3) is 11.3 Å². The van der Waals surface area contributed by atoms with Crippen molar-refractivity contribution in [3.8, 4) is 0 Å². The summed E-state index contributed by atoms with van der Waals surface area (Å²) in [5.41, 5.74) is 1.62. The third kappa shape index (κ3) is 3.22. The molecule has 1 N–H and O–H groups in total. The van der Waals surface area contributed by atoms with Gasteiger partial charge in [-0.15, -0.1) is 0 Å². The zero-order valence-electron chi connectivity index (χ0n) is 11.8. The lowest BCUT2D eigenvalue weighted by molar-refractivity contribution is 0.604. The Morgan fingerprint density at radius 1 is 1.21 bits per heavy atom. The van der Waals surface area contributed by atoms with Crippen molar-refractivity contribution in [2.75, 3.05) is 0 Å². The highest BCUT2D eigenvalue weighted by Gasteiger charge is 2.10. The molecule has 0 bridgehead atoms. The SMILES string of the molecule is CCCCCCCCc1c(C)nc2nc[nH]n2c1=O. The summed E-state index contributed by atoms with van der Waals surface area (Å²) < 4.78 is 1.42. The third-order valence-corrected chi connectivity index (χ3v) is 3.51. The Bertz CT molecular complexity index is 585.